The van der Waals surface area contributed by atoms with E-state index in [0.717, 1.165) is 17.8 Å². The van der Waals surface area contributed by atoms with Crippen molar-refractivity contribution in [2.45, 2.75) is 44.9 Å². The summed E-state index contributed by atoms with van der Waals surface area (Å²) in [5.41, 5.74) is 7.39. The van der Waals surface area contributed by atoms with Gasteiger partial charge in [0.15, 0.2) is 0 Å². The molecule has 126 valence electrons. The first-order chi connectivity index (χ1) is 11.9. The van der Waals surface area contributed by atoms with E-state index >= 15 is 0 Å². The van der Waals surface area contributed by atoms with Crippen LogP contribution in [0.2, 0.25) is 0 Å². The molecule has 2 bridgehead atoms. The molecule has 0 fully saturated rings. The van der Waals surface area contributed by atoms with Gasteiger partial charge in [0, 0.05) is 10.8 Å². The van der Waals surface area contributed by atoms with Gasteiger partial charge in [-0.25, -0.2) is 9.97 Å². The van der Waals surface area contributed by atoms with Crippen LogP contribution < -0.4 is 0 Å². The number of hydrogen-bond acceptors (Lipinski definition) is 2. The van der Waals surface area contributed by atoms with Gasteiger partial charge in [-0.1, -0.05) is 76.2 Å². The summed E-state index contributed by atoms with van der Waals surface area (Å²) in [5, 5.41) is 0. The average Bonchev–Trinajstić information content (AvgIpc) is 2.62. The molecule has 0 radical (unpaired) electrons. The van der Waals surface area contributed by atoms with Crippen LogP contribution >= 0.6 is 0 Å². The van der Waals surface area contributed by atoms with Gasteiger partial charge in [-0.3, -0.25) is 0 Å². The molecule has 1 heterocycles. The standard InChI is InChI=1S/C23H24N2/c1-22(2,18-8-6-5-7-9-18)20-14-21(25-15-24-20)23(3,4)19-11-10-16-12-17(19)13-16/h5-12,14-15H,13H2,1-4H3. The average molecular weight is 328 g/mol. The molecular formula is C23H24N2. The minimum atomic E-state index is -0.154. The quantitative estimate of drug-likeness (QED) is 0.525. The Balaban J connectivity index is 1.76. The van der Waals surface area contributed by atoms with E-state index in [4.69, 9.17) is 0 Å². The highest BCUT2D eigenvalue weighted by atomic mass is 14.9. The van der Waals surface area contributed by atoms with E-state index in [9.17, 15) is 0 Å². The molecule has 0 saturated heterocycles. The smallest absolute Gasteiger partial charge is 0.116 e. The fourth-order valence-electron chi connectivity index (χ4n) is 3.78. The Kier molecular flexibility index (Phi) is 3.54. The highest BCUT2D eigenvalue weighted by molar-refractivity contribution is 5.50. The van der Waals surface area contributed by atoms with Gasteiger partial charge in [0.25, 0.3) is 0 Å². The number of fused-ring (bicyclic) bond motifs is 2. The molecule has 0 N–H and O–H groups in total. The normalized spacial score (nSPS) is 13.4. The summed E-state index contributed by atoms with van der Waals surface area (Å²) in [6.07, 6.45) is 2.82. The number of benzene rings is 2. The molecule has 2 nitrogen and oxygen atoms in total. The molecule has 0 spiro atoms. The third-order valence-corrected chi connectivity index (χ3v) is 5.68. The van der Waals surface area contributed by atoms with Crippen molar-refractivity contribution in [3.05, 3.63) is 94.6 Å². The lowest BCUT2D eigenvalue weighted by Gasteiger charge is -2.32. The second-order valence-electron chi connectivity index (χ2n) is 8.07. The maximum absolute atomic E-state index is 4.65. The van der Waals surface area contributed by atoms with Crippen molar-refractivity contribution in [3.63, 3.8) is 0 Å². The van der Waals surface area contributed by atoms with E-state index in [1.54, 1.807) is 6.33 Å². The van der Waals surface area contributed by atoms with Gasteiger partial charge in [0.2, 0.25) is 0 Å². The first-order valence-electron chi connectivity index (χ1n) is 8.90. The van der Waals surface area contributed by atoms with Gasteiger partial charge >= 0.3 is 0 Å². The predicted octanol–water partition coefficient (Wildman–Crippen LogP) is 5.03. The van der Waals surface area contributed by atoms with E-state index in [1.165, 1.54) is 22.3 Å². The van der Waals surface area contributed by atoms with Crippen LogP contribution in [0.15, 0.2) is 60.9 Å². The molecule has 0 saturated carbocycles. The summed E-state index contributed by atoms with van der Waals surface area (Å²) in [6.45, 7) is 8.98. The van der Waals surface area contributed by atoms with Crippen molar-refractivity contribution in [2.24, 2.45) is 0 Å². The minimum Gasteiger partial charge on any atom is -0.240 e. The number of rotatable bonds is 4. The molecule has 1 aromatic heterocycles. The van der Waals surface area contributed by atoms with Crippen molar-refractivity contribution in [1.82, 2.24) is 9.97 Å². The molecule has 2 aliphatic carbocycles. The second kappa shape index (κ2) is 5.52. The molecule has 3 aromatic rings. The third-order valence-electron chi connectivity index (χ3n) is 5.68. The van der Waals surface area contributed by atoms with Crippen molar-refractivity contribution in [3.8, 4) is 0 Å². The van der Waals surface area contributed by atoms with E-state index in [1.807, 2.05) is 0 Å². The van der Waals surface area contributed by atoms with Crippen LogP contribution in [0.25, 0.3) is 0 Å². The Bertz CT molecular complexity index is 920. The molecule has 0 amide bonds. The third kappa shape index (κ3) is 2.57. The highest BCUT2D eigenvalue weighted by Gasteiger charge is 2.32. The number of nitrogens with zero attached hydrogens (tertiary/aromatic N) is 2. The Morgan fingerprint density at radius 1 is 0.760 bits per heavy atom. The van der Waals surface area contributed by atoms with Crippen LogP contribution in [0.4, 0.5) is 0 Å². The zero-order chi connectivity index (χ0) is 17.7. The van der Waals surface area contributed by atoms with Crippen LogP contribution in [-0.2, 0) is 17.3 Å². The zero-order valence-electron chi connectivity index (χ0n) is 15.4. The Hall–Kier alpha value is -2.48. The Morgan fingerprint density at radius 2 is 1.40 bits per heavy atom. The van der Waals surface area contributed by atoms with Gasteiger partial charge < -0.3 is 0 Å². The molecule has 5 rings (SSSR count). The van der Waals surface area contributed by atoms with Crippen molar-refractivity contribution < 1.29 is 0 Å². The van der Waals surface area contributed by atoms with Crippen LogP contribution in [0, 0.1) is 0 Å². The van der Waals surface area contributed by atoms with E-state index in [0.29, 0.717) is 0 Å². The molecule has 2 heteroatoms. The summed E-state index contributed by atoms with van der Waals surface area (Å²) in [7, 11) is 0. The monoisotopic (exact) mass is 328 g/mol. The van der Waals surface area contributed by atoms with Gasteiger partial charge in [-0.05, 0) is 34.7 Å². The van der Waals surface area contributed by atoms with E-state index < -0.39 is 0 Å². The largest absolute Gasteiger partial charge is 0.240 e. The maximum Gasteiger partial charge on any atom is 0.116 e. The molecule has 0 aliphatic heterocycles. The summed E-state index contributed by atoms with van der Waals surface area (Å²) >= 11 is 0. The summed E-state index contributed by atoms with van der Waals surface area (Å²) < 4.78 is 0. The molecule has 2 aliphatic rings. The minimum absolute atomic E-state index is 0.126. The van der Waals surface area contributed by atoms with Crippen LogP contribution in [-0.4, -0.2) is 9.97 Å². The lowest BCUT2D eigenvalue weighted by Crippen LogP contribution is -2.27. The fraction of sp³-hybridized carbons (Fsp3) is 0.304. The molecule has 0 atom stereocenters. The van der Waals surface area contributed by atoms with E-state index in [2.05, 4.69) is 92.3 Å². The zero-order valence-corrected chi connectivity index (χ0v) is 15.4. The molecule has 25 heavy (non-hydrogen) atoms. The van der Waals surface area contributed by atoms with Gasteiger partial charge in [-0.15, -0.1) is 0 Å². The molecule has 0 unspecified atom stereocenters. The topological polar surface area (TPSA) is 25.8 Å². The highest BCUT2D eigenvalue weighted by Crippen LogP contribution is 2.39. The first-order valence-corrected chi connectivity index (χ1v) is 8.90. The van der Waals surface area contributed by atoms with Crippen molar-refractivity contribution in [2.75, 3.05) is 0 Å². The van der Waals surface area contributed by atoms with E-state index in [-0.39, 0.29) is 10.8 Å². The SMILES string of the molecule is CC(C)(c1ccccc1)c1cc(C(C)(C)c2ccc3cc2C3)ncn1. The summed E-state index contributed by atoms with van der Waals surface area (Å²) in [6, 6.07) is 19.5. The van der Waals surface area contributed by atoms with Crippen LogP contribution in [0.3, 0.4) is 0 Å². The lowest BCUT2D eigenvalue weighted by atomic mass is 9.73. The molecular weight excluding hydrogens is 304 g/mol. The number of aromatic nitrogens is 2. The fourth-order valence-corrected chi connectivity index (χ4v) is 3.78. The first kappa shape index (κ1) is 16.0. The van der Waals surface area contributed by atoms with Crippen LogP contribution in [0.1, 0.15) is 61.3 Å². The van der Waals surface area contributed by atoms with Crippen molar-refractivity contribution in [1.29, 1.82) is 0 Å². The Morgan fingerprint density at radius 3 is 2.00 bits per heavy atom. The van der Waals surface area contributed by atoms with Gasteiger partial charge in [0.1, 0.15) is 6.33 Å². The molecule has 2 aromatic carbocycles. The number of hydrogen-bond donors (Lipinski definition) is 0. The maximum atomic E-state index is 4.65. The summed E-state index contributed by atoms with van der Waals surface area (Å²) in [5.74, 6) is 0. The van der Waals surface area contributed by atoms with Crippen LogP contribution in [0.5, 0.6) is 0 Å². The van der Waals surface area contributed by atoms with Gasteiger partial charge in [-0.2, -0.15) is 0 Å². The lowest BCUT2D eigenvalue weighted by molar-refractivity contribution is 0.577. The predicted molar refractivity (Wildman–Crippen MR) is 102 cm³/mol. The van der Waals surface area contributed by atoms with Crippen molar-refractivity contribution >= 4 is 0 Å². The Labute approximate surface area is 150 Å². The second-order valence-corrected chi connectivity index (χ2v) is 8.07. The van der Waals surface area contributed by atoms with Gasteiger partial charge in [0.05, 0.1) is 11.4 Å². The summed E-state index contributed by atoms with van der Waals surface area (Å²) in [4.78, 5) is 9.26.